The number of ether oxygens (including phenoxy) is 1. The first-order valence-corrected chi connectivity index (χ1v) is 6.69. The number of hydrogen-bond donors (Lipinski definition) is 1. The second kappa shape index (κ2) is 5.31. The van der Waals surface area contributed by atoms with Crippen LogP contribution in [0.5, 0.6) is 5.75 Å². The molecule has 0 saturated carbocycles. The number of hydrogen-bond acceptors (Lipinski definition) is 2. The van der Waals surface area contributed by atoms with Crippen LogP contribution in [0.15, 0.2) is 48.5 Å². The van der Waals surface area contributed by atoms with Gasteiger partial charge in [0.1, 0.15) is 5.75 Å². The Labute approximate surface area is 120 Å². The van der Waals surface area contributed by atoms with Crippen molar-refractivity contribution in [3.05, 3.63) is 59.7 Å². The molecule has 0 saturated heterocycles. The minimum atomic E-state index is -4.66. The first-order valence-electron chi connectivity index (χ1n) is 6.69. The number of para-hydroxylation sites is 1. The number of nitrogens with one attached hydrogen (secondary N) is 1. The van der Waals surface area contributed by atoms with Crippen LogP contribution in [-0.2, 0) is 6.42 Å². The molecule has 0 aromatic heterocycles. The lowest BCUT2D eigenvalue weighted by Gasteiger charge is -2.26. The third-order valence-electron chi connectivity index (χ3n) is 3.59. The Balaban J connectivity index is 1.81. The Morgan fingerprint density at radius 2 is 1.86 bits per heavy atom. The zero-order chi connectivity index (χ0) is 14.9. The predicted molar refractivity (Wildman–Crippen MR) is 74.5 cm³/mol. The molecule has 2 nitrogen and oxygen atoms in total. The molecule has 1 aliphatic heterocycles. The van der Waals surface area contributed by atoms with Crippen molar-refractivity contribution in [3.63, 3.8) is 0 Å². The molecular weight excluding hydrogens is 279 g/mol. The van der Waals surface area contributed by atoms with Crippen LogP contribution in [-0.4, -0.2) is 12.9 Å². The molecule has 0 fully saturated rings. The fraction of sp³-hybridized carbons (Fsp3) is 0.250. The van der Waals surface area contributed by atoms with Gasteiger partial charge in [0.25, 0.3) is 0 Å². The van der Waals surface area contributed by atoms with Gasteiger partial charge in [-0.25, -0.2) is 0 Å². The Morgan fingerprint density at radius 3 is 2.67 bits per heavy atom. The lowest BCUT2D eigenvalue weighted by Crippen LogP contribution is -2.22. The van der Waals surface area contributed by atoms with Gasteiger partial charge in [-0.15, -0.1) is 13.2 Å². The minimum Gasteiger partial charge on any atom is -0.406 e. The van der Waals surface area contributed by atoms with Gasteiger partial charge >= 0.3 is 6.36 Å². The second-order valence-corrected chi connectivity index (χ2v) is 5.06. The molecule has 110 valence electrons. The van der Waals surface area contributed by atoms with Gasteiger partial charge in [0, 0.05) is 18.2 Å². The number of halogens is 3. The highest BCUT2D eigenvalue weighted by molar-refractivity contribution is 5.54. The summed E-state index contributed by atoms with van der Waals surface area (Å²) in [5.41, 5.74) is 3.12. The molecule has 0 amide bonds. The van der Waals surface area contributed by atoms with E-state index in [9.17, 15) is 13.2 Å². The van der Waals surface area contributed by atoms with E-state index in [1.54, 1.807) is 6.07 Å². The monoisotopic (exact) mass is 293 g/mol. The lowest BCUT2D eigenvalue weighted by molar-refractivity contribution is -0.274. The van der Waals surface area contributed by atoms with E-state index in [1.165, 1.54) is 17.7 Å². The van der Waals surface area contributed by atoms with Crippen molar-refractivity contribution in [2.45, 2.75) is 18.7 Å². The molecule has 2 aromatic rings. The maximum atomic E-state index is 12.3. The SMILES string of the molecule is FC(F)(F)Oc1cccc(C2CNc3ccccc3C2)c1. The molecule has 1 N–H and O–H groups in total. The average molecular weight is 293 g/mol. The highest BCUT2D eigenvalue weighted by Gasteiger charge is 2.31. The van der Waals surface area contributed by atoms with Crippen molar-refractivity contribution in [1.82, 2.24) is 0 Å². The maximum Gasteiger partial charge on any atom is 0.573 e. The Kier molecular flexibility index (Phi) is 3.49. The van der Waals surface area contributed by atoms with Crippen LogP contribution in [0.1, 0.15) is 17.0 Å². The number of anilines is 1. The first kappa shape index (κ1) is 13.8. The van der Waals surface area contributed by atoms with Crippen molar-refractivity contribution in [2.75, 3.05) is 11.9 Å². The number of benzene rings is 2. The summed E-state index contributed by atoms with van der Waals surface area (Å²) >= 11 is 0. The summed E-state index contributed by atoms with van der Waals surface area (Å²) in [6.07, 6.45) is -3.85. The smallest absolute Gasteiger partial charge is 0.406 e. The number of fused-ring (bicyclic) bond motifs is 1. The van der Waals surface area contributed by atoms with E-state index >= 15 is 0 Å². The van der Waals surface area contributed by atoms with E-state index < -0.39 is 6.36 Å². The summed E-state index contributed by atoms with van der Waals surface area (Å²) in [4.78, 5) is 0. The van der Waals surface area contributed by atoms with Gasteiger partial charge in [-0.3, -0.25) is 0 Å². The van der Waals surface area contributed by atoms with Crippen molar-refractivity contribution in [1.29, 1.82) is 0 Å². The second-order valence-electron chi connectivity index (χ2n) is 5.06. The molecule has 3 rings (SSSR count). The standard InChI is InChI=1S/C16H14F3NO/c17-16(18,19)21-14-6-3-5-11(9-14)13-8-12-4-1-2-7-15(12)20-10-13/h1-7,9,13,20H,8,10H2. The van der Waals surface area contributed by atoms with E-state index in [-0.39, 0.29) is 11.7 Å². The Bertz CT molecular complexity index is 639. The summed E-state index contributed by atoms with van der Waals surface area (Å²) in [5, 5.41) is 3.32. The van der Waals surface area contributed by atoms with Gasteiger partial charge in [0.2, 0.25) is 0 Å². The number of alkyl halides is 3. The van der Waals surface area contributed by atoms with Gasteiger partial charge in [-0.05, 0) is 35.7 Å². The molecule has 1 aliphatic rings. The molecule has 5 heteroatoms. The normalized spacial score (nSPS) is 17.8. The molecule has 1 heterocycles. The summed E-state index contributed by atoms with van der Waals surface area (Å²) in [6.45, 7) is 0.701. The summed E-state index contributed by atoms with van der Waals surface area (Å²) < 4.78 is 40.8. The van der Waals surface area contributed by atoms with E-state index in [1.807, 2.05) is 30.3 Å². The third kappa shape index (κ3) is 3.29. The quantitative estimate of drug-likeness (QED) is 0.889. The van der Waals surface area contributed by atoms with Crippen LogP contribution in [0.2, 0.25) is 0 Å². The van der Waals surface area contributed by atoms with Gasteiger partial charge in [0.15, 0.2) is 0 Å². The van der Waals surface area contributed by atoms with Crippen LogP contribution in [0.3, 0.4) is 0 Å². The molecule has 0 bridgehead atoms. The van der Waals surface area contributed by atoms with Gasteiger partial charge in [-0.2, -0.15) is 0 Å². The zero-order valence-electron chi connectivity index (χ0n) is 11.2. The van der Waals surface area contributed by atoms with E-state index in [0.717, 1.165) is 17.7 Å². The molecule has 0 radical (unpaired) electrons. The van der Waals surface area contributed by atoms with E-state index in [4.69, 9.17) is 0 Å². The van der Waals surface area contributed by atoms with Crippen molar-refractivity contribution in [2.24, 2.45) is 0 Å². The van der Waals surface area contributed by atoms with Crippen molar-refractivity contribution < 1.29 is 17.9 Å². The summed E-state index contributed by atoms with van der Waals surface area (Å²) in [6, 6.07) is 14.2. The summed E-state index contributed by atoms with van der Waals surface area (Å²) in [7, 11) is 0. The van der Waals surface area contributed by atoms with Crippen LogP contribution < -0.4 is 10.1 Å². The van der Waals surface area contributed by atoms with Crippen molar-refractivity contribution in [3.8, 4) is 5.75 Å². The largest absolute Gasteiger partial charge is 0.573 e. The average Bonchev–Trinajstić information content (AvgIpc) is 2.45. The van der Waals surface area contributed by atoms with Crippen LogP contribution in [0.25, 0.3) is 0 Å². The molecule has 2 aromatic carbocycles. The lowest BCUT2D eigenvalue weighted by atomic mass is 9.88. The van der Waals surface area contributed by atoms with Crippen molar-refractivity contribution >= 4 is 5.69 Å². The fourth-order valence-corrected chi connectivity index (χ4v) is 2.64. The molecule has 1 unspecified atom stereocenters. The van der Waals surface area contributed by atoms with Gasteiger partial charge in [-0.1, -0.05) is 30.3 Å². The first-order chi connectivity index (χ1) is 10.0. The Hall–Kier alpha value is -2.17. The minimum absolute atomic E-state index is 0.136. The molecule has 0 aliphatic carbocycles. The molecule has 21 heavy (non-hydrogen) atoms. The highest BCUT2D eigenvalue weighted by Crippen LogP contribution is 2.32. The van der Waals surface area contributed by atoms with Gasteiger partial charge in [0.05, 0.1) is 0 Å². The highest BCUT2D eigenvalue weighted by atomic mass is 19.4. The van der Waals surface area contributed by atoms with E-state index in [2.05, 4.69) is 10.1 Å². The van der Waals surface area contributed by atoms with Crippen LogP contribution in [0, 0.1) is 0 Å². The third-order valence-corrected chi connectivity index (χ3v) is 3.59. The Morgan fingerprint density at radius 1 is 1.05 bits per heavy atom. The summed E-state index contributed by atoms with van der Waals surface area (Å²) in [5.74, 6) is -0.0319. The van der Waals surface area contributed by atoms with Crippen LogP contribution in [0.4, 0.5) is 18.9 Å². The van der Waals surface area contributed by atoms with Gasteiger partial charge < -0.3 is 10.1 Å². The maximum absolute atomic E-state index is 12.3. The predicted octanol–water partition coefficient (Wildman–Crippen LogP) is 4.34. The van der Waals surface area contributed by atoms with E-state index in [0.29, 0.717) is 6.54 Å². The van der Waals surface area contributed by atoms with Crippen LogP contribution >= 0.6 is 0 Å². The molecular formula is C16H14F3NO. The fourth-order valence-electron chi connectivity index (χ4n) is 2.64. The molecule has 1 atom stereocenters. The zero-order valence-corrected chi connectivity index (χ0v) is 11.2. The number of rotatable bonds is 2. The molecule has 0 spiro atoms. The topological polar surface area (TPSA) is 21.3 Å².